The molecule has 0 radical (unpaired) electrons. The number of nitrogens with zero attached hydrogens (tertiary/aromatic N) is 1. The Bertz CT molecular complexity index is 692. The van der Waals surface area contributed by atoms with Gasteiger partial charge in [-0.2, -0.15) is 0 Å². The molecule has 0 bridgehead atoms. The van der Waals surface area contributed by atoms with Crippen molar-refractivity contribution < 1.29 is 23.9 Å². The highest BCUT2D eigenvalue weighted by Crippen LogP contribution is 2.11. The monoisotopic (exact) mass is 411 g/mol. The van der Waals surface area contributed by atoms with Crippen LogP contribution in [0.4, 0.5) is 4.79 Å². The van der Waals surface area contributed by atoms with Crippen molar-refractivity contribution in [3.8, 4) is 0 Å². The number of nitrogens with one attached hydrogen (secondary N) is 2. The summed E-state index contributed by atoms with van der Waals surface area (Å²) in [6, 6.07) is 5.17. The van der Waals surface area contributed by atoms with Crippen LogP contribution in [0.2, 0.25) is 0 Å². The summed E-state index contributed by atoms with van der Waals surface area (Å²) in [6.45, 7) is 3.44. The molecule has 134 valence electrons. The van der Waals surface area contributed by atoms with Crippen molar-refractivity contribution in [3.05, 3.63) is 34.3 Å². The summed E-state index contributed by atoms with van der Waals surface area (Å²) in [6.07, 6.45) is -1.12. The molecule has 0 aromatic heterocycles. The van der Waals surface area contributed by atoms with Crippen molar-refractivity contribution in [3.63, 3.8) is 0 Å². The first-order valence-corrected chi connectivity index (χ1v) is 8.45. The van der Waals surface area contributed by atoms with E-state index in [0.717, 1.165) is 9.37 Å². The lowest BCUT2D eigenvalue weighted by Gasteiger charge is -2.20. The summed E-state index contributed by atoms with van der Waals surface area (Å²) in [7, 11) is 0. The van der Waals surface area contributed by atoms with Crippen LogP contribution in [0.5, 0.6) is 0 Å². The quantitative estimate of drug-likeness (QED) is 0.704. The van der Waals surface area contributed by atoms with Gasteiger partial charge in [0.2, 0.25) is 0 Å². The van der Waals surface area contributed by atoms with E-state index in [1.807, 2.05) is 0 Å². The van der Waals surface area contributed by atoms with E-state index >= 15 is 0 Å². The fraction of sp³-hybridized carbons (Fsp3) is 0.375. The molecule has 8 nitrogen and oxygen atoms in total. The van der Waals surface area contributed by atoms with Crippen LogP contribution in [0.15, 0.2) is 28.7 Å². The minimum Gasteiger partial charge on any atom is -0.451 e. The van der Waals surface area contributed by atoms with Crippen LogP contribution in [0.1, 0.15) is 24.2 Å². The number of carbonyl (C=O) groups is 4. The Labute approximate surface area is 153 Å². The topological polar surface area (TPSA) is 105 Å². The van der Waals surface area contributed by atoms with Crippen LogP contribution in [-0.4, -0.2) is 54.0 Å². The Morgan fingerprint density at radius 2 is 1.88 bits per heavy atom. The number of esters is 1. The van der Waals surface area contributed by atoms with Crippen LogP contribution in [0.3, 0.4) is 0 Å². The Morgan fingerprint density at radius 1 is 1.24 bits per heavy atom. The molecule has 0 unspecified atom stereocenters. The van der Waals surface area contributed by atoms with Gasteiger partial charge < -0.3 is 15.4 Å². The van der Waals surface area contributed by atoms with Gasteiger partial charge in [-0.15, -0.1) is 0 Å². The summed E-state index contributed by atoms with van der Waals surface area (Å²) in [5.41, 5.74) is 0.390. The summed E-state index contributed by atoms with van der Waals surface area (Å²) >= 11 is 3.27. The zero-order valence-corrected chi connectivity index (χ0v) is 15.3. The minimum absolute atomic E-state index is 0.232. The summed E-state index contributed by atoms with van der Waals surface area (Å²) in [5.74, 6) is -1.80. The van der Waals surface area contributed by atoms with E-state index in [2.05, 4.69) is 26.6 Å². The number of ether oxygens (including phenoxy) is 1. The normalized spacial score (nSPS) is 16.0. The first-order chi connectivity index (χ1) is 11.8. The van der Waals surface area contributed by atoms with Crippen LogP contribution in [0.25, 0.3) is 0 Å². The van der Waals surface area contributed by atoms with E-state index in [-0.39, 0.29) is 6.54 Å². The molecule has 1 aromatic carbocycles. The third-order valence-corrected chi connectivity index (χ3v) is 4.10. The highest BCUT2D eigenvalue weighted by molar-refractivity contribution is 9.10. The number of imide groups is 1. The lowest BCUT2D eigenvalue weighted by Crippen LogP contribution is -2.45. The molecule has 1 aromatic rings. The Kier molecular flexibility index (Phi) is 6.13. The van der Waals surface area contributed by atoms with Gasteiger partial charge in [0, 0.05) is 23.1 Å². The predicted molar refractivity (Wildman–Crippen MR) is 91.7 cm³/mol. The van der Waals surface area contributed by atoms with Gasteiger partial charge in [0.1, 0.15) is 6.04 Å². The molecule has 1 aliphatic heterocycles. The standard InChI is InChI=1S/C16H18BrN3O5/c1-9(19-13(21)11-3-5-12(17)6-4-11)15(23)25-10(2)14(22)20-8-7-18-16(20)24/h3-6,9-10H,7-8H2,1-2H3,(H,18,24)(H,19,21)/t9-,10+/m0/s1. The average molecular weight is 412 g/mol. The fourth-order valence-electron chi connectivity index (χ4n) is 2.17. The highest BCUT2D eigenvalue weighted by Gasteiger charge is 2.32. The van der Waals surface area contributed by atoms with Crippen LogP contribution >= 0.6 is 15.9 Å². The molecule has 0 aliphatic carbocycles. The first-order valence-electron chi connectivity index (χ1n) is 7.65. The van der Waals surface area contributed by atoms with Gasteiger partial charge in [-0.05, 0) is 38.1 Å². The second kappa shape index (κ2) is 8.11. The molecule has 1 fully saturated rings. The number of benzene rings is 1. The molecule has 1 heterocycles. The Balaban J connectivity index is 1.88. The average Bonchev–Trinajstić information content (AvgIpc) is 3.00. The van der Waals surface area contributed by atoms with E-state index in [4.69, 9.17) is 4.74 Å². The van der Waals surface area contributed by atoms with Crippen molar-refractivity contribution in [2.45, 2.75) is 26.0 Å². The maximum atomic E-state index is 12.1. The number of hydrogen-bond acceptors (Lipinski definition) is 5. The van der Waals surface area contributed by atoms with Gasteiger partial charge >= 0.3 is 12.0 Å². The number of amides is 4. The zero-order valence-electron chi connectivity index (χ0n) is 13.7. The maximum absolute atomic E-state index is 12.1. The molecule has 9 heteroatoms. The molecule has 0 spiro atoms. The molecule has 25 heavy (non-hydrogen) atoms. The SMILES string of the molecule is C[C@H](NC(=O)c1ccc(Br)cc1)C(=O)O[C@H](C)C(=O)N1CCNC1=O. The van der Waals surface area contributed by atoms with E-state index in [9.17, 15) is 19.2 Å². The number of urea groups is 1. The first kappa shape index (κ1) is 18.9. The van der Waals surface area contributed by atoms with E-state index < -0.39 is 36.0 Å². The maximum Gasteiger partial charge on any atom is 0.329 e. The minimum atomic E-state index is -1.12. The molecule has 0 saturated carbocycles. The smallest absolute Gasteiger partial charge is 0.329 e. The van der Waals surface area contributed by atoms with E-state index in [1.54, 1.807) is 24.3 Å². The zero-order chi connectivity index (χ0) is 18.6. The van der Waals surface area contributed by atoms with Gasteiger partial charge in [-0.3, -0.25) is 14.5 Å². The van der Waals surface area contributed by atoms with Gasteiger partial charge in [0.05, 0.1) is 0 Å². The van der Waals surface area contributed by atoms with Crippen LogP contribution in [-0.2, 0) is 14.3 Å². The second-order valence-electron chi connectivity index (χ2n) is 5.50. The molecule has 2 N–H and O–H groups in total. The molecule has 4 amide bonds. The van der Waals surface area contributed by atoms with E-state index in [0.29, 0.717) is 12.1 Å². The molecule has 2 atom stereocenters. The van der Waals surface area contributed by atoms with Gasteiger partial charge in [-0.1, -0.05) is 15.9 Å². The summed E-state index contributed by atoms with van der Waals surface area (Å²) < 4.78 is 5.89. The van der Waals surface area contributed by atoms with Crippen molar-refractivity contribution in [1.82, 2.24) is 15.5 Å². The van der Waals surface area contributed by atoms with Crippen molar-refractivity contribution in [2.75, 3.05) is 13.1 Å². The van der Waals surface area contributed by atoms with Crippen LogP contribution in [0, 0.1) is 0 Å². The second-order valence-corrected chi connectivity index (χ2v) is 6.42. The number of halogens is 1. The summed E-state index contributed by atoms with van der Waals surface area (Å²) in [4.78, 5) is 48.7. The van der Waals surface area contributed by atoms with Crippen molar-refractivity contribution in [1.29, 1.82) is 0 Å². The lowest BCUT2D eigenvalue weighted by atomic mass is 10.2. The summed E-state index contributed by atoms with van der Waals surface area (Å²) in [5, 5.41) is 5.00. The molecule has 1 saturated heterocycles. The van der Waals surface area contributed by atoms with Crippen LogP contribution < -0.4 is 10.6 Å². The molecule has 2 rings (SSSR count). The number of carbonyl (C=O) groups excluding carboxylic acids is 4. The number of rotatable bonds is 5. The Hall–Kier alpha value is -2.42. The predicted octanol–water partition coefficient (Wildman–Crippen LogP) is 1.05. The molecular formula is C16H18BrN3O5. The number of hydrogen-bond donors (Lipinski definition) is 2. The van der Waals surface area contributed by atoms with Crippen molar-refractivity contribution >= 4 is 39.7 Å². The van der Waals surface area contributed by atoms with Gasteiger partial charge in [0.25, 0.3) is 11.8 Å². The largest absolute Gasteiger partial charge is 0.451 e. The molecule has 1 aliphatic rings. The van der Waals surface area contributed by atoms with Gasteiger partial charge in [-0.25, -0.2) is 9.59 Å². The van der Waals surface area contributed by atoms with Gasteiger partial charge in [0.15, 0.2) is 6.10 Å². The fourth-order valence-corrected chi connectivity index (χ4v) is 2.43. The Morgan fingerprint density at radius 3 is 2.44 bits per heavy atom. The van der Waals surface area contributed by atoms with Crippen molar-refractivity contribution in [2.24, 2.45) is 0 Å². The molecular weight excluding hydrogens is 394 g/mol. The van der Waals surface area contributed by atoms with E-state index in [1.165, 1.54) is 13.8 Å². The lowest BCUT2D eigenvalue weighted by molar-refractivity contribution is -0.158. The third-order valence-electron chi connectivity index (χ3n) is 3.57. The third kappa shape index (κ3) is 4.79. The highest BCUT2D eigenvalue weighted by atomic mass is 79.9.